The van der Waals surface area contributed by atoms with E-state index in [0.29, 0.717) is 11.8 Å². The molecular weight excluding hydrogens is 242 g/mol. The molecule has 3 atom stereocenters. The van der Waals surface area contributed by atoms with Gasteiger partial charge >= 0.3 is 5.97 Å². The smallest absolute Gasteiger partial charge is 0.328 e. The highest BCUT2D eigenvalue weighted by molar-refractivity contribution is 5.88. The number of amides is 1. The maximum Gasteiger partial charge on any atom is 0.328 e. The van der Waals surface area contributed by atoms with E-state index < -0.39 is 0 Å². The van der Waals surface area contributed by atoms with Gasteiger partial charge in [0.1, 0.15) is 6.04 Å². The lowest BCUT2D eigenvalue weighted by molar-refractivity contribution is -0.155. The molecule has 0 aromatic carbocycles. The molecule has 3 rings (SSSR count). The van der Waals surface area contributed by atoms with Crippen LogP contribution in [0.5, 0.6) is 0 Å². The van der Waals surface area contributed by atoms with Crippen LogP contribution in [-0.2, 0) is 14.3 Å². The molecule has 0 spiro atoms. The van der Waals surface area contributed by atoms with E-state index in [9.17, 15) is 9.59 Å². The van der Waals surface area contributed by atoms with Gasteiger partial charge in [-0.15, -0.1) is 0 Å². The molecule has 0 aromatic heterocycles. The molecule has 3 fully saturated rings. The summed E-state index contributed by atoms with van der Waals surface area (Å²) < 4.78 is 4.86. The number of nitrogens with zero attached hydrogens (tertiary/aromatic N) is 1. The lowest BCUT2D eigenvalue weighted by atomic mass is 10.0. The quantitative estimate of drug-likeness (QED) is 0.717. The standard InChI is InChI=1S/C15H23NO3/c1-19-15(18)12-8-4-5-9-16(12)14(17)13-10-6-2-3-7-11(10)13/h10-13H,2-9H2,1H3/t10?,11?,12-,13?/m1/s1. The summed E-state index contributed by atoms with van der Waals surface area (Å²) in [6.45, 7) is 0.731. The van der Waals surface area contributed by atoms with Crippen LogP contribution in [-0.4, -0.2) is 36.5 Å². The number of ether oxygens (including phenoxy) is 1. The second-order valence-electron chi connectivity index (χ2n) is 6.20. The SMILES string of the molecule is COC(=O)[C@H]1CCCCN1C(=O)C1C2CCCCC21. The van der Waals surface area contributed by atoms with Gasteiger partial charge in [0, 0.05) is 12.5 Å². The van der Waals surface area contributed by atoms with Gasteiger partial charge in [0.15, 0.2) is 0 Å². The number of piperidine rings is 1. The number of carbonyl (C=O) groups excluding carboxylic acids is 2. The van der Waals surface area contributed by atoms with E-state index in [1.807, 2.05) is 4.90 Å². The zero-order chi connectivity index (χ0) is 13.4. The minimum absolute atomic E-state index is 0.216. The highest BCUT2D eigenvalue weighted by Crippen LogP contribution is 2.56. The third-order valence-electron chi connectivity index (χ3n) is 5.20. The lowest BCUT2D eigenvalue weighted by Gasteiger charge is -2.34. The van der Waals surface area contributed by atoms with Gasteiger partial charge in [0.05, 0.1) is 7.11 Å². The zero-order valence-corrected chi connectivity index (χ0v) is 11.6. The van der Waals surface area contributed by atoms with E-state index in [2.05, 4.69) is 0 Å². The number of hydrogen-bond donors (Lipinski definition) is 0. The summed E-state index contributed by atoms with van der Waals surface area (Å²) >= 11 is 0. The number of hydrogen-bond acceptors (Lipinski definition) is 3. The number of likely N-dealkylation sites (tertiary alicyclic amines) is 1. The van der Waals surface area contributed by atoms with Crippen LogP contribution >= 0.6 is 0 Å². The van der Waals surface area contributed by atoms with Crippen molar-refractivity contribution < 1.29 is 14.3 Å². The van der Waals surface area contributed by atoms with Gasteiger partial charge in [-0.25, -0.2) is 4.79 Å². The average molecular weight is 265 g/mol. The summed E-state index contributed by atoms with van der Waals surface area (Å²) in [5.41, 5.74) is 0. The number of methoxy groups -OCH3 is 1. The van der Waals surface area contributed by atoms with Crippen molar-refractivity contribution in [2.24, 2.45) is 17.8 Å². The van der Waals surface area contributed by atoms with Crippen molar-refractivity contribution in [3.05, 3.63) is 0 Å². The Morgan fingerprint density at radius 2 is 1.63 bits per heavy atom. The summed E-state index contributed by atoms with van der Waals surface area (Å²) in [6.07, 6.45) is 7.75. The first-order valence-electron chi connectivity index (χ1n) is 7.62. The van der Waals surface area contributed by atoms with Gasteiger partial charge in [-0.3, -0.25) is 4.79 Å². The normalized spacial score (nSPS) is 37.4. The van der Waals surface area contributed by atoms with Crippen LogP contribution in [0.1, 0.15) is 44.9 Å². The molecule has 1 heterocycles. The van der Waals surface area contributed by atoms with Gasteiger partial charge in [-0.1, -0.05) is 12.8 Å². The van der Waals surface area contributed by atoms with Crippen LogP contribution in [0.25, 0.3) is 0 Å². The molecule has 4 heteroatoms. The van der Waals surface area contributed by atoms with Crippen molar-refractivity contribution in [3.63, 3.8) is 0 Å². The van der Waals surface area contributed by atoms with Crippen molar-refractivity contribution in [1.29, 1.82) is 0 Å². The highest BCUT2D eigenvalue weighted by atomic mass is 16.5. The van der Waals surface area contributed by atoms with Crippen LogP contribution in [0, 0.1) is 17.8 Å². The number of fused-ring (bicyclic) bond motifs is 1. The minimum Gasteiger partial charge on any atom is -0.467 e. The Hall–Kier alpha value is -1.06. The van der Waals surface area contributed by atoms with Crippen molar-refractivity contribution in [3.8, 4) is 0 Å². The first kappa shape index (κ1) is 12.9. The Kier molecular flexibility index (Phi) is 3.50. The van der Waals surface area contributed by atoms with Gasteiger partial charge in [-0.2, -0.15) is 0 Å². The van der Waals surface area contributed by atoms with Crippen LogP contribution in [0.3, 0.4) is 0 Å². The summed E-state index contributed by atoms with van der Waals surface area (Å²) in [6, 6.07) is -0.325. The predicted octanol–water partition coefficient (Wildman–Crippen LogP) is 1.98. The Morgan fingerprint density at radius 1 is 1.00 bits per heavy atom. The molecule has 2 saturated carbocycles. The Morgan fingerprint density at radius 3 is 2.26 bits per heavy atom. The van der Waals surface area contributed by atoms with Crippen molar-refractivity contribution >= 4 is 11.9 Å². The third-order valence-corrected chi connectivity index (χ3v) is 5.20. The first-order chi connectivity index (χ1) is 9.24. The summed E-state index contributed by atoms with van der Waals surface area (Å²) in [7, 11) is 1.41. The van der Waals surface area contributed by atoms with E-state index in [1.54, 1.807) is 0 Å². The number of esters is 1. The van der Waals surface area contributed by atoms with Gasteiger partial charge in [-0.05, 0) is 43.9 Å². The molecule has 1 amide bonds. The van der Waals surface area contributed by atoms with E-state index in [1.165, 1.54) is 32.8 Å². The van der Waals surface area contributed by atoms with Gasteiger partial charge in [0.2, 0.25) is 5.91 Å². The lowest BCUT2D eigenvalue weighted by Crippen LogP contribution is -2.49. The number of carbonyl (C=O) groups is 2. The molecule has 0 radical (unpaired) electrons. The van der Waals surface area contributed by atoms with Crippen LogP contribution in [0.15, 0.2) is 0 Å². The van der Waals surface area contributed by atoms with E-state index in [-0.39, 0.29) is 23.8 Å². The molecule has 19 heavy (non-hydrogen) atoms. The van der Waals surface area contributed by atoms with E-state index in [0.717, 1.165) is 25.8 Å². The molecule has 4 nitrogen and oxygen atoms in total. The van der Waals surface area contributed by atoms with Crippen molar-refractivity contribution in [2.75, 3.05) is 13.7 Å². The second-order valence-corrected chi connectivity index (χ2v) is 6.20. The molecule has 0 bridgehead atoms. The Bertz CT molecular complexity index is 370. The second kappa shape index (κ2) is 5.14. The molecule has 1 saturated heterocycles. The van der Waals surface area contributed by atoms with E-state index in [4.69, 9.17) is 4.74 Å². The fourth-order valence-electron chi connectivity index (χ4n) is 4.13. The molecule has 1 aliphatic heterocycles. The average Bonchev–Trinajstić information content (AvgIpc) is 3.20. The maximum absolute atomic E-state index is 12.7. The van der Waals surface area contributed by atoms with Crippen LogP contribution in [0.4, 0.5) is 0 Å². The summed E-state index contributed by atoms with van der Waals surface area (Å²) in [5.74, 6) is 1.43. The fraction of sp³-hybridized carbons (Fsp3) is 0.867. The minimum atomic E-state index is -0.325. The van der Waals surface area contributed by atoms with Gasteiger partial charge in [0.25, 0.3) is 0 Å². The fourth-order valence-corrected chi connectivity index (χ4v) is 4.13. The van der Waals surface area contributed by atoms with E-state index >= 15 is 0 Å². The maximum atomic E-state index is 12.7. The zero-order valence-electron chi connectivity index (χ0n) is 11.6. The number of rotatable bonds is 2. The summed E-state index contributed by atoms with van der Waals surface area (Å²) in [4.78, 5) is 26.3. The molecule has 0 N–H and O–H groups in total. The largest absolute Gasteiger partial charge is 0.467 e. The topological polar surface area (TPSA) is 46.6 Å². The summed E-state index contributed by atoms with van der Waals surface area (Å²) in [5, 5.41) is 0. The molecule has 106 valence electrons. The molecule has 0 aromatic rings. The molecule has 2 unspecified atom stereocenters. The monoisotopic (exact) mass is 265 g/mol. The van der Waals surface area contributed by atoms with Crippen LogP contribution < -0.4 is 0 Å². The molecule has 2 aliphatic carbocycles. The predicted molar refractivity (Wildman–Crippen MR) is 70.3 cm³/mol. The Balaban J connectivity index is 1.69. The molecule has 3 aliphatic rings. The highest BCUT2D eigenvalue weighted by Gasteiger charge is 2.56. The van der Waals surface area contributed by atoms with Gasteiger partial charge < -0.3 is 9.64 Å². The van der Waals surface area contributed by atoms with Crippen molar-refractivity contribution in [1.82, 2.24) is 4.90 Å². The Labute approximate surface area is 114 Å². The third kappa shape index (κ3) is 2.26. The molecular formula is C15H23NO3. The van der Waals surface area contributed by atoms with Crippen molar-refractivity contribution in [2.45, 2.75) is 51.0 Å². The first-order valence-corrected chi connectivity index (χ1v) is 7.62. The van der Waals surface area contributed by atoms with Crippen LogP contribution in [0.2, 0.25) is 0 Å².